The quantitative estimate of drug-likeness (QED) is 0.162. The van der Waals surface area contributed by atoms with Gasteiger partial charge in [-0.2, -0.15) is 0 Å². The molecule has 2 aliphatic carbocycles. The van der Waals surface area contributed by atoms with Gasteiger partial charge in [0.05, 0.1) is 34.3 Å². The molecule has 0 saturated carbocycles. The summed E-state index contributed by atoms with van der Waals surface area (Å²) in [7, 11) is 0. The predicted molar refractivity (Wildman–Crippen MR) is 250 cm³/mol. The van der Waals surface area contributed by atoms with Crippen LogP contribution in [0.5, 0.6) is 0 Å². The van der Waals surface area contributed by atoms with E-state index in [9.17, 15) is 15.1 Å². The molecule has 2 aliphatic rings. The average molecular weight is 793 g/mol. The molecular formula is C58H45N. The number of nitrogens with zero attached hydrogens (tertiary/aromatic N) is 1. The molecule has 9 aromatic carbocycles. The normalized spacial score (nSPS) is 23.8. The van der Waals surface area contributed by atoms with Gasteiger partial charge in [0.1, 0.15) is 0 Å². The minimum Gasteiger partial charge on any atom is -0.310 e. The van der Waals surface area contributed by atoms with Crippen molar-refractivity contribution in [2.75, 3.05) is 4.90 Å². The summed E-state index contributed by atoms with van der Waals surface area (Å²) in [5.74, 6) is 0. The van der Waals surface area contributed by atoms with Crippen molar-refractivity contribution in [1.29, 1.82) is 0 Å². The first-order valence-electron chi connectivity index (χ1n) is 36.3. The van der Waals surface area contributed by atoms with E-state index in [0.717, 1.165) is 48.5 Å². The number of hydrogen-bond donors (Lipinski definition) is 0. The molecule has 0 radical (unpaired) electrons. The van der Waals surface area contributed by atoms with Gasteiger partial charge in [-0.05, 0) is 131 Å². The predicted octanol–water partition coefficient (Wildman–Crippen LogP) is 15.9. The van der Waals surface area contributed by atoms with Crippen molar-refractivity contribution in [1.82, 2.24) is 0 Å². The average Bonchev–Trinajstić information content (AvgIpc) is 1.62. The zero-order valence-electron chi connectivity index (χ0n) is 67.1. The standard InChI is InChI=1S/C58H45N/c1-57(2)52-20-12-10-18-48(52)50-34-27-42(36-54(50)57)56-46-17-9-8-16-40(46)26-33-47(56)41-24-30-44(31-25-41)59(43-28-22-39(23-29-43)38-14-6-5-7-15-38)45-32-35-51-49-19-11-13-21-53(49)58(3,4)55(51)37-45/h5-37H,1-4H3/i1D3,2D3,3D3,4D3,5D,6D,7D,8D,9D,10D,11D,12D,13D,14D,15D,16D,17D,18D,20D,22D,23D,24D,26D,28D,29D,30D,32D,35D,36D. The third kappa shape index (κ3) is 5.53. The molecule has 11 rings (SSSR count). The van der Waals surface area contributed by atoms with Gasteiger partial charge in [-0.25, -0.2) is 0 Å². The molecule has 1 nitrogen and oxygen atoms in total. The number of rotatable bonds is 6. The Morgan fingerprint density at radius 1 is 0.390 bits per heavy atom. The van der Waals surface area contributed by atoms with Crippen LogP contribution < -0.4 is 4.90 Å². The van der Waals surface area contributed by atoms with E-state index in [1.54, 1.807) is 0 Å². The van der Waals surface area contributed by atoms with Crippen molar-refractivity contribution in [2.45, 2.75) is 38.2 Å². The lowest BCUT2D eigenvalue weighted by atomic mass is 9.81. The second kappa shape index (κ2) is 13.3. The summed E-state index contributed by atoms with van der Waals surface area (Å²) >= 11 is 0. The van der Waals surface area contributed by atoms with Crippen LogP contribution in [0.3, 0.4) is 0 Å². The van der Waals surface area contributed by atoms with Crippen molar-refractivity contribution in [2.24, 2.45) is 0 Å². The smallest absolute Gasteiger partial charge is 0.0645 e. The van der Waals surface area contributed by atoms with Crippen LogP contribution in [-0.2, 0) is 10.8 Å². The van der Waals surface area contributed by atoms with E-state index in [1.165, 1.54) is 0 Å². The highest BCUT2D eigenvalue weighted by Gasteiger charge is 2.37. The molecule has 0 N–H and O–H groups in total. The van der Waals surface area contributed by atoms with Crippen molar-refractivity contribution < 1.29 is 50.7 Å². The van der Waals surface area contributed by atoms with E-state index in [-0.39, 0.29) is 5.56 Å². The van der Waals surface area contributed by atoms with E-state index in [0.29, 0.717) is 4.90 Å². The van der Waals surface area contributed by atoms with Crippen LogP contribution in [0.2, 0.25) is 0 Å². The Morgan fingerprint density at radius 2 is 1.05 bits per heavy atom. The third-order valence-electron chi connectivity index (χ3n) is 10.3. The molecule has 0 spiro atoms. The maximum atomic E-state index is 10.1. The first-order valence-corrected chi connectivity index (χ1v) is 17.8. The number of hydrogen-bond acceptors (Lipinski definition) is 1. The molecule has 0 amide bonds. The summed E-state index contributed by atoms with van der Waals surface area (Å²) < 4.78 is 335. The Balaban J connectivity index is 1.29. The fourth-order valence-corrected chi connectivity index (χ4v) is 7.58. The van der Waals surface area contributed by atoms with E-state index < -0.39 is 289 Å². The Morgan fingerprint density at radius 3 is 1.92 bits per heavy atom. The molecule has 1 heteroatoms. The van der Waals surface area contributed by atoms with Crippen LogP contribution in [0.25, 0.3) is 66.4 Å². The van der Waals surface area contributed by atoms with Crippen LogP contribution in [0.15, 0.2) is 200 Å². The lowest BCUT2D eigenvalue weighted by Gasteiger charge is -2.28. The molecular weight excluding hydrogens is 711 g/mol. The monoisotopic (exact) mass is 793 g/mol. The SMILES string of the molecule is [2H]c1cc2c(cc1[2H])C(C([2H])([2H])[2H])(C([2H])([2H])[2H])c1cc(N(c3ccc(-c4cc([2H])c5c([2H])c([2H])c([2H])c([2H])c5c4-c4ccc5c(c4[2H])C(C([2H])([2H])[2H])(C([2H])([2H])[2H])c4c([2H])c([2H])c([2H])c([2H])c4-5)c([2H])c3[2H])c3c([2H])c([2H])c(-c4c([2H])c([2H])c([2H])c([2H])c4[2H])c([2H])c3[2H])c([2H])c([2H])c1-2. The summed E-state index contributed by atoms with van der Waals surface area (Å²) in [6.45, 7) is -15.0. The molecule has 0 heterocycles. The summed E-state index contributed by atoms with van der Waals surface area (Å²) in [6.07, 6.45) is 0. The Kier molecular flexibility index (Phi) is 3.11. The van der Waals surface area contributed by atoms with E-state index in [1.807, 2.05) is 0 Å². The highest BCUT2D eigenvalue weighted by atomic mass is 15.1. The molecule has 0 aromatic heterocycles. The Hall–Kier alpha value is -6.96. The first kappa shape index (κ1) is 13.8. The maximum Gasteiger partial charge on any atom is 0.0645 e. The number of fused-ring (bicyclic) bond motifs is 7. The van der Waals surface area contributed by atoms with Gasteiger partial charge in [0.15, 0.2) is 0 Å². The van der Waals surface area contributed by atoms with Gasteiger partial charge in [-0.15, -0.1) is 0 Å². The van der Waals surface area contributed by atoms with Gasteiger partial charge in [-0.1, -0.05) is 185 Å². The van der Waals surface area contributed by atoms with Gasteiger partial charge >= 0.3 is 0 Å². The number of anilines is 3. The van der Waals surface area contributed by atoms with Crippen molar-refractivity contribution in [3.63, 3.8) is 0 Å². The number of benzene rings is 9. The Labute approximate surface area is 399 Å². The minimum absolute atomic E-state index is 0.372. The van der Waals surface area contributed by atoms with Crippen molar-refractivity contribution >= 4 is 27.8 Å². The highest BCUT2D eigenvalue weighted by Crippen LogP contribution is 2.52. The van der Waals surface area contributed by atoms with Gasteiger partial charge in [0.25, 0.3) is 0 Å². The molecule has 0 atom stereocenters. The van der Waals surface area contributed by atoms with Crippen LogP contribution in [-0.4, -0.2) is 0 Å². The molecule has 59 heavy (non-hydrogen) atoms. The van der Waals surface area contributed by atoms with Crippen molar-refractivity contribution in [3.8, 4) is 55.6 Å². The topological polar surface area (TPSA) is 3.24 Å². The molecule has 0 unspecified atom stereocenters. The molecule has 9 aromatic rings. The van der Waals surface area contributed by atoms with Crippen LogP contribution in [0, 0.1) is 0 Å². The third-order valence-corrected chi connectivity index (χ3v) is 10.3. The van der Waals surface area contributed by atoms with E-state index >= 15 is 0 Å². The van der Waals surface area contributed by atoms with Gasteiger partial charge in [-0.3, -0.25) is 0 Å². The van der Waals surface area contributed by atoms with Crippen LogP contribution in [0.1, 0.15) is 100 Å². The summed E-state index contributed by atoms with van der Waals surface area (Å²) in [6, 6.07) is -16.8. The van der Waals surface area contributed by atoms with Gasteiger partial charge in [0.2, 0.25) is 0 Å². The van der Waals surface area contributed by atoms with E-state index in [4.69, 9.17) is 35.6 Å². The fraction of sp³-hybridized carbons (Fsp3) is 0.103. The summed E-state index contributed by atoms with van der Waals surface area (Å²) in [5, 5.41) is -1.18. The fourth-order valence-electron chi connectivity index (χ4n) is 7.58. The summed E-state index contributed by atoms with van der Waals surface area (Å²) in [4.78, 5) is 0.568. The zero-order valence-corrected chi connectivity index (χ0v) is 30.1. The zero-order chi connectivity index (χ0) is 71.6. The van der Waals surface area contributed by atoms with Crippen LogP contribution >= 0.6 is 0 Å². The molecule has 0 fully saturated rings. The van der Waals surface area contributed by atoms with Gasteiger partial charge in [0, 0.05) is 44.3 Å². The Bertz CT molecular complexity index is 4930. The molecule has 0 saturated heterocycles. The lowest BCUT2D eigenvalue weighted by Crippen LogP contribution is -2.16. The van der Waals surface area contributed by atoms with Crippen LogP contribution in [0.4, 0.5) is 17.1 Å². The minimum atomic E-state index is -3.81. The molecule has 0 aliphatic heterocycles. The molecule has 0 bridgehead atoms. The maximum absolute atomic E-state index is 10.1. The lowest BCUT2D eigenvalue weighted by molar-refractivity contribution is 0.660. The largest absolute Gasteiger partial charge is 0.310 e. The highest BCUT2D eigenvalue weighted by molar-refractivity contribution is 6.05. The first-order chi connectivity index (χ1) is 44.2. The second-order valence-electron chi connectivity index (χ2n) is 13.7. The molecule has 282 valence electrons. The van der Waals surface area contributed by atoms with Gasteiger partial charge < -0.3 is 4.90 Å². The second-order valence-corrected chi connectivity index (χ2v) is 13.7. The van der Waals surface area contributed by atoms with Crippen molar-refractivity contribution in [3.05, 3.63) is 222 Å². The van der Waals surface area contributed by atoms with E-state index in [2.05, 4.69) is 0 Å². The summed E-state index contributed by atoms with van der Waals surface area (Å²) in [5.41, 5.74) is -18.6.